The van der Waals surface area contributed by atoms with E-state index in [1.807, 2.05) is 42.5 Å². The van der Waals surface area contributed by atoms with Gasteiger partial charge in [0.1, 0.15) is 5.82 Å². The third-order valence-corrected chi connectivity index (χ3v) is 3.39. The van der Waals surface area contributed by atoms with Gasteiger partial charge in [-0.1, -0.05) is 48.5 Å². The first-order valence-corrected chi connectivity index (χ1v) is 7.20. The average molecular weight is 306 g/mol. The van der Waals surface area contributed by atoms with Gasteiger partial charge in [0.25, 0.3) is 0 Å². The lowest BCUT2D eigenvalue weighted by Gasteiger charge is -2.06. The van der Waals surface area contributed by atoms with Gasteiger partial charge in [0.05, 0.1) is 0 Å². The number of carbonyl (C=O) groups excluding carboxylic acids is 1. The second kappa shape index (κ2) is 6.75. The van der Waals surface area contributed by atoms with Gasteiger partial charge in [-0.2, -0.15) is 0 Å². The number of hydrogen-bond donors (Lipinski definition) is 2. The van der Waals surface area contributed by atoms with Crippen LogP contribution in [0, 0.1) is 5.82 Å². The van der Waals surface area contributed by atoms with Crippen molar-refractivity contribution in [2.45, 2.75) is 0 Å². The van der Waals surface area contributed by atoms with E-state index in [0.29, 0.717) is 11.3 Å². The number of carbonyl (C=O) groups is 1. The Morgan fingerprint density at radius 2 is 1.65 bits per heavy atom. The molecule has 3 aromatic rings. The molecule has 0 saturated heterocycles. The molecule has 0 saturated carbocycles. The van der Waals surface area contributed by atoms with Gasteiger partial charge in [0.15, 0.2) is 0 Å². The van der Waals surface area contributed by atoms with Gasteiger partial charge >= 0.3 is 6.03 Å². The molecule has 2 N–H and O–H groups in total. The van der Waals surface area contributed by atoms with Crippen LogP contribution >= 0.6 is 0 Å². The highest BCUT2D eigenvalue weighted by atomic mass is 19.1. The molecule has 0 heterocycles. The number of nitrogens with one attached hydrogen (secondary N) is 2. The summed E-state index contributed by atoms with van der Waals surface area (Å²) in [5.74, 6) is -0.333. The van der Waals surface area contributed by atoms with Gasteiger partial charge in [-0.15, -0.1) is 0 Å². The number of rotatable bonds is 3. The van der Waals surface area contributed by atoms with Crippen LogP contribution in [0.4, 0.5) is 14.9 Å². The Labute approximate surface area is 133 Å². The minimum Gasteiger partial charge on any atom is -0.314 e. The summed E-state index contributed by atoms with van der Waals surface area (Å²) in [6, 6.07) is 19.6. The van der Waals surface area contributed by atoms with E-state index >= 15 is 0 Å². The summed E-state index contributed by atoms with van der Waals surface area (Å²) in [4.78, 5) is 11.9. The number of amides is 2. The third-order valence-electron chi connectivity index (χ3n) is 3.39. The first-order chi connectivity index (χ1) is 11.2. The summed E-state index contributed by atoms with van der Waals surface area (Å²) in [6.45, 7) is 0. The van der Waals surface area contributed by atoms with Crippen molar-refractivity contribution in [2.75, 3.05) is 5.32 Å². The summed E-state index contributed by atoms with van der Waals surface area (Å²) in [6.07, 6.45) is 2.92. The SMILES string of the molecule is O=C(N/C=C/c1ccccc1F)Nc1ccc2ccccc2c1. The normalized spacial score (nSPS) is 10.8. The maximum absolute atomic E-state index is 13.4. The van der Waals surface area contributed by atoms with Gasteiger partial charge in [-0.05, 0) is 35.0 Å². The minimum atomic E-state index is -0.382. The predicted molar refractivity (Wildman–Crippen MR) is 91.5 cm³/mol. The predicted octanol–water partition coefficient (Wildman–Crippen LogP) is 4.77. The van der Waals surface area contributed by atoms with Crippen LogP contribution in [0.25, 0.3) is 16.8 Å². The molecule has 0 aliphatic rings. The maximum Gasteiger partial charge on any atom is 0.323 e. The van der Waals surface area contributed by atoms with Crippen molar-refractivity contribution in [3.05, 3.63) is 84.3 Å². The van der Waals surface area contributed by atoms with E-state index in [4.69, 9.17) is 0 Å². The number of benzene rings is 3. The van der Waals surface area contributed by atoms with E-state index in [-0.39, 0.29) is 11.8 Å². The highest BCUT2D eigenvalue weighted by Gasteiger charge is 2.01. The van der Waals surface area contributed by atoms with Gasteiger partial charge in [-0.3, -0.25) is 0 Å². The Morgan fingerprint density at radius 1 is 0.913 bits per heavy atom. The van der Waals surface area contributed by atoms with E-state index < -0.39 is 0 Å². The summed E-state index contributed by atoms with van der Waals surface area (Å²) < 4.78 is 13.4. The Morgan fingerprint density at radius 3 is 2.48 bits per heavy atom. The molecule has 3 aromatic carbocycles. The molecule has 2 amide bonds. The molecule has 0 atom stereocenters. The first kappa shape index (κ1) is 14.8. The fraction of sp³-hybridized carbons (Fsp3) is 0. The van der Waals surface area contributed by atoms with Crippen LogP contribution in [0.5, 0.6) is 0 Å². The fourth-order valence-electron chi connectivity index (χ4n) is 2.25. The van der Waals surface area contributed by atoms with Gasteiger partial charge < -0.3 is 10.6 Å². The highest BCUT2D eigenvalue weighted by Crippen LogP contribution is 2.18. The van der Waals surface area contributed by atoms with Crippen molar-refractivity contribution in [1.29, 1.82) is 0 Å². The Bertz CT molecular complexity index is 874. The molecule has 3 rings (SSSR count). The van der Waals surface area contributed by atoms with Gasteiger partial charge in [0, 0.05) is 17.5 Å². The van der Waals surface area contributed by atoms with Crippen molar-refractivity contribution in [2.24, 2.45) is 0 Å². The molecule has 0 aliphatic heterocycles. The minimum absolute atomic E-state index is 0.333. The summed E-state index contributed by atoms with van der Waals surface area (Å²) in [5, 5.41) is 7.46. The molecule has 3 nitrogen and oxygen atoms in total. The zero-order chi connectivity index (χ0) is 16.1. The lowest BCUT2D eigenvalue weighted by Crippen LogP contribution is -2.23. The monoisotopic (exact) mass is 306 g/mol. The van der Waals surface area contributed by atoms with Crippen LogP contribution in [-0.4, -0.2) is 6.03 Å². The van der Waals surface area contributed by atoms with E-state index in [2.05, 4.69) is 10.6 Å². The second-order valence-corrected chi connectivity index (χ2v) is 5.02. The van der Waals surface area contributed by atoms with E-state index in [1.165, 1.54) is 18.3 Å². The standard InChI is InChI=1S/C19H15FN2O/c20-18-8-4-3-6-15(18)11-12-21-19(23)22-17-10-9-14-5-1-2-7-16(14)13-17/h1-13H,(H2,21,22,23)/b12-11+. The molecule has 114 valence electrons. The van der Waals surface area contributed by atoms with Crippen molar-refractivity contribution in [1.82, 2.24) is 5.32 Å². The molecule has 0 unspecified atom stereocenters. The Hall–Kier alpha value is -3.14. The zero-order valence-electron chi connectivity index (χ0n) is 12.3. The maximum atomic E-state index is 13.4. The second-order valence-electron chi connectivity index (χ2n) is 5.02. The molecule has 0 radical (unpaired) electrons. The summed E-state index contributed by atoms with van der Waals surface area (Å²) in [7, 11) is 0. The third kappa shape index (κ3) is 3.74. The fourth-order valence-corrected chi connectivity index (χ4v) is 2.25. The molecule has 0 fully saturated rings. The van der Waals surface area contributed by atoms with Crippen LogP contribution in [0.15, 0.2) is 72.9 Å². The zero-order valence-corrected chi connectivity index (χ0v) is 12.3. The number of fused-ring (bicyclic) bond motifs is 1. The molecule has 4 heteroatoms. The van der Waals surface area contributed by atoms with Crippen molar-refractivity contribution >= 4 is 28.6 Å². The van der Waals surface area contributed by atoms with Gasteiger partial charge in [0.2, 0.25) is 0 Å². The van der Waals surface area contributed by atoms with Crippen LogP contribution in [-0.2, 0) is 0 Å². The van der Waals surface area contributed by atoms with Crippen molar-refractivity contribution in [3.63, 3.8) is 0 Å². The Kier molecular flexibility index (Phi) is 4.34. The van der Waals surface area contributed by atoms with E-state index in [9.17, 15) is 9.18 Å². The number of urea groups is 1. The van der Waals surface area contributed by atoms with Crippen LogP contribution in [0.1, 0.15) is 5.56 Å². The molecule has 0 aromatic heterocycles. The quantitative estimate of drug-likeness (QED) is 0.719. The average Bonchev–Trinajstić information content (AvgIpc) is 2.56. The number of hydrogen-bond acceptors (Lipinski definition) is 1. The largest absolute Gasteiger partial charge is 0.323 e. The number of halogens is 1. The smallest absolute Gasteiger partial charge is 0.314 e. The molecule has 23 heavy (non-hydrogen) atoms. The highest BCUT2D eigenvalue weighted by molar-refractivity contribution is 5.94. The molecular formula is C19H15FN2O. The summed E-state index contributed by atoms with van der Waals surface area (Å²) in [5.41, 5.74) is 1.11. The van der Waals surface area contributed by atoms with E-state index in [0.717, 1.165) is 10.8 Å². The van der Waals surface area contributed by atoms with Crippen LogP contribution in [0.3, 0.4) is 0 Å². The molecule has 0 bridgehead atoms. The van der Waals surface area contributed by atoms with Crippen molar-refractivity contribution < 1.29 is 9.18 Å². The summed E-state index contributed by atoms with van der Waals surface area (Å²) >= 11 is 0. The first-order valence-electron chi connectivity index (χ1n) is 7.20. The van der Waals surface area contributed by atoms with Gasteiger partial charge in [-0.25, -0.2) is 9.18 Å². The Balaban J connectivity index is 1.63. The molecule has 0 spiro atoms. The van der Waals surface area contributed by atoms with Crippen LogP contribution < -0.4 is 10.6 Å². The lowest BCUT2D eigenvalue weighted by atomic mass is 10.1. The lowest BCUT2D eigenvalue weighted by molar-refractivity contribution is 0.255. The van der Waals surface area contributed by atoms with Crippen molar-refractivity contribution in [3.8, 4) is 0 Å². The molecular weight excluding hydrogens is 291 g/mol. The van der Waals surface area contributed by atoms with E-state index in [1.54, 1.807) is 18.2 Å². The topological polar surface area (TPSA) is 41.1 Å². The van der Waals surface area contributed by atoms with Crippen LogP contribution in [0.2, 0.25) is 0 Å². The molecule has 0 aliphatic carbocycles. The number of anilines is 1.